The summed E-state index contributed by atoms with van der Waals surface area (Å²) in [6.07, 6.45) is 1.29. The van der Waals surface area contributed by atoms with E-state index in [0.717, 1.165) is 21.1 Å². The zero-order valence-electron chi connectivity index (χ0n) is 14.8. The summed E-state index contributed by atoms with van der Waals surface area (Å²) >= 11 is 1.46. The van der Waals surface area contributed by atoms with Crippen molar-refractivity contribution in [2.45, 2.75) is 32.9 Å². The molecule has 0 spiro atoms. The number of benzene rings is 1. The van der Waals surface area contributed by atoms with E-state index in [1.54, 1.807) is 13.1 Å². The maximum atomic E-state index is 12.2. The van der Waals surface area contributed by atoms with Gasteiger partial charge in [-0.2, -0.15) is 4.57 Å². The normalized spacial score (nSPS) is 12.3. The molecule has 1 aromatic carbocycles. The van der Waals surface area contributed by atoms with Crippen LogP contribution in [0.4, 0.5) is 0 Å². The van der Waals surface area contributed by atoms with E-state index in [-0.39, 0.29) is 12.2 Å². The number of nitrogens with zero attached hydrogens (tertiary/aromatic N) is 2. The highest BCUT2D eigenvalue weighted by molar-refractivity contribution is 7.11. The molecule has 1 unspecified atom stereocenters. The maximum absolute atomic E-state index is 12.2. The second-order valence-electron chi connectivity index (χ2n) is 6.14. The van der Waals surface area contributed by atoms with Gasteiger partial charge in [-0.05, 0) is 12.5 Å². The molecule has 0 saturated heterocycles. The Morgan fingerprint density at radius 2 is 2.00 bits per heavy atom. The van der Waals surface area contributed by atoms with Gasteiger partial charge in [0.25, 0.3) is 10.6 Å². The Kier molecular flexibility index (Phi) is 5.61. The number of rotatable bonds is 6. The second-order valence-corrected chi connectivity index (χ2v) is 7.26. The number of aromatic nitrogens is 3. The molecular weight excluding hydrogens is 350 g/mol. The molecule has 6 nitrogen and oxygen atoms in total. The predicted octanol–water partition coefficient (Wildman–Crippen LogP) is 1.40. The predicted molar refractivity (Wildman–Crippen MR) is 99.2 cm³/mol. The lowest BCUT2D eigenvalue weighted by molar-refractivity contribution is -0.699. The summed E-state index contributed by atoms with van der Waals surface area (Å²) in [4.78, 5) is 20.1. The lowest BCUT2D eigenvalue weighted by atomic mass is 10.1. The van der Waals surface area contributed by atoms with Crippen LogP contribution in [-0.2, 0) is 13.0 Å². The minimum Gasteiger partial charge on any atom is -0.396 e. The van der Waals surface area contributed by atoms with Crippen LogP contribution in [0.3, 0.4) is 0 Å². The number of aliphatic hydroxyl groups excluding tert-OH is 2. The quantitative estimate of drug-likeness (QED) is 0.571. The van der Waals surface area contributed by atoms with Crippen LogP contribution in [0, 0.1) is 13.8 Å². The Morgan fingerprint density at radius 3 is 2.65 bits per heavy atom. The molecule has 3 rings (SSSR count). The summed E-state index contributed by atoms with van der Waals surface area (Å²) in [5, 5.41) is 21.0. The third kappa shape index (κ3) is 3.75. The van der Waals surface area contributed by atoms with Crippen LogP contribution in [0.15, 0.2) is 41.3 Å². The Labute approximate surface area is 155 Å². The molecule has 2 heterocycles. The van der Waals surface area contributed by atoms with Gasteiger partial charge in [0.05, 0.1) is 4.88 Å². The van der Waals surface area contributed by atoms with Gasteiger partial charge in [0.15, 0.2) is 18.3 Å². The highest BCUT2D eigenvalue weighted by Gasteiger charge is 2.30. The molecule has 0 aliphatic carbocycles. The number of aliphatic hydroxyl groups is 2. The number of nitrogens with one attached hydrogen (secondary N) is 1. The largest absolute Gasteiger partial charge is 0.396 e. The van der Waals surface area contributed by atoms with Crippen LogP contribution in [0.1, 0.15) is 38.6 Å². The number of hydrogen-bond acceptors (Lipinski definition) is 5. The van der Waals surface area contributed by atoms with Gasteiger partial charge in [0, 0.05) is 26.1 Å². The van der Waals surface area contributed by atoms with Gasteiger partial charge in [0.1, 0.15) is 11.4 Å². The highest BCUT2D eigenvalue weighted by atomic mass is 32.1. The fourth-order valence-electron chi connectivity index (χ4n) is 2.88. The van der Waals surface area contributed by atoms with Crippen molar-refractivity contribution in [2.24, 2.45) is 0 Å². The third-order valence-electron chi connectivity index (χ3n) is 4.32. The zero-order valence-corrected chi connectivity index (χ0v) is 15.6. The van der Waals surface area contributed by atoms with Gasteiger partial charge >= 0.3 is 0 Å². The first-order valence-corrected chi connectivity index (χ1v) is 9.23. The molecule has 0 aliphatic heterocycles. The molecule has 7 heteroatoms. The van der Waals surface area contributed by atoms with Crippen LogP contribution in [0.5, 0.6) is 0 Å². The Balaban J connectivity index is 2.06. The number of hydrogen-bond donors (Lipinski definition) is 3. The number of aromatic amines is 1. The molecule has 0 aliphatic rings. The lowest BCUT2D eigenvalue weighted by Gasteiger charge is -2.07. The van der Waals surface area contributed by atoms with Crippen molar-refractivity contribution in [1.82, 2.24) is 9.97 Å². The van der Waals surface area contributed by atoms with E-state index in [9.17, 15) is 15.0 Å². The molecule has 0 bridgehead atoms. The van der Waals surface area contributed by atoms with E-state index in [1.165, 1.54) is 11.3 Å². The van der Waals surface area contributed by atoms with E-state index in [1.807, 2.05) is 41.8 Å². The highest BCUT2D eigenvalue weighted by Crippen LogP contribution is 2.27. The Morgan fingerprint density at radius 1 is 1.27 bits per heavy atom. The monoisotopic (exact) mass is 372 g/mol. The smallest absolute Gasteiger partial charge is 0.271 e. The van der Waals surface area contributed by atoms with Gasteiger partial charge in [-0.1, -0.05) is 41.7 Å². The Hall–Kier alpha value is -2.35. The lowest BCUT2D eigenvalue weighted by Crippen LogP contribution is -2.42. The van der Waals surface area contributed by atoms with Crippen molar-refractivity contribution >= 4 is 11.3 Å². The number of aryl methyl sites for hydroxylation is 1. The molecule has 3 N–H and O–H groups in total. The third-order valence-corrected chi connectivity index (χ3v) is 5.72. The van der Waals surface area contributed by atoms with Gasteiger partial charge in [-0.3, -0.25) is 4.79 Å². The summed E-state index contributed by atoms with van der Waals surface area (Å²) in [5.74, 6) is 0.566. The van der Waals surface area contributed by atoms with Crippen molar-refractivity contribution in [3.8, 4) is 0 Å². The molecule has 0 saturated carbocycles. The topological polar surface area (TPSA) is 90.1 Å². The zero-order chi connectivity index (χ0) is 18.7. The SMILES string of the molecule is Cc1ncc(C[n+]2c(C(O)c3ccccc3)sc(CCO)c2C)c(=O)[nH]1. The molecule has 0 amide bonds. The van der Waals surface area contributed by atoms with Crippen molar-refractivity contribution in [3.05, 3.63) is 79.4 Å². The second kappa shape index (κ2) is 7.90. The van der Waals surface area contributed by atoms with Gasteiger partial charge in [0.2, 0.25) is 0 Å². The van der Waals surface area contributed by atoms with Crippen LogP contribution >= 0.6 is 11.3 Å². The minimum absolute atomic E-state index is 0.0366. The summed E-state index contributed by atoms with van der Waals surface area (Å²) < 4.78 is 1.94. The summed E-state index contributed by atoms with van der Waals surface area (Å²) in [7, 11) is 0. The van der Waals surface area contributed by atoms with E-state index in [0.29, 0.717) is 24.4 Å². The molecule has 0 radical (unpaired) electrons. The average Bonchev–Trinajstić information content (AvgIpc) is 2.94. The van der Waals surface area contributed by atoms with E-state index >= 15 is 0 Å². The molecule has 3 aromatic rings. The molecule has 1 atom stereocenters. The molecular formula is C19H22N3O3S+. The van der Waals surface area contributed by atoms with Crippen LogP contribution in [-0.4, -0.2) is 26.8 Å². The van der Waals surface area contributed by atoms with Crippen molar-refractivity contribution in [3.63, 3.8) is 0 Å². The van der Waals surface area contributed by atoms with Gasteiger partial charge in [-0.15, -0.1) is 0 Å². The average molecular weight is 372 g/mol. The van der Waals surface area contributed by atoms with Gasteiger partial charge < -0.3 is 15.2 Å². The summed E-state index contributed by atoms with van der Waals surface area (Å²) in [6.45, 7) is 4.03. The molecule has 0 fully saturated rings. The standard InChI is InChI=1S/C19H21N3O3S/c1-12-16(8-9-23)26-19(17(24)14-6-4-3-5-7-14)22(12)11-15-10-20-13(2)21-18(15)25/h3-7,10,17,23-24H,8-9,11H2,1-2H3/p+1. The minimum atomic E-state index is -0.801. The van der Waals surface area contributed by atoms with E-state index < -0.39 is 6.10 Å². The fourth-order valence-corrected chi connectivity index (χ4v) is 4.14. The first-order chi connectivity index (χ1) is 12.5. The summed E-state index contributed by atoms with van der Waals surface area (Å²) in [5.41, 5.74) is 2.07. The first kappa shape index (κ1) is 18.4. The first-order valence-electron chi connectivity index (χ1n) is 8.42. The number of H-pyrrole nitrogens is 1. The molecule has 136 valence electrons. The van der Waals surface area contributed by atoms with E-state index in [4.69, 9.17) is 0 Å². The van der Waals surface area contributed by atoms with Crippen LogP contribution in [0.25, 0.3) is 0 Å². The van der Waals surface area contributed by atoms with Gasteiger partial charge in [-0.25, -0.2) is 4.98 Å². The maximum Gasteiger partial charge on any atom is 0.271 e. The number of thiazole rings is 1. The van der Waals surface area contributed by atoms with Crippen molar-refractivity contribution in [2.75, 3.05) is 6.61 Å². The fraction of sp³-hybridized carbons (Fsp3) is 0.316. The molecule has 26 heavy (non-hydrogen) atoms. The van der Waals surface area contributed by atoms with Crippen LogP contribution in [0.2, 0.25) is 0 Å². The Bertz CT molecular complexity index is 950. The summed E-state index contributed by atoms with van der Waals surface area (Å²) in [6, 6.07) is 9.41. The van der Waals surface area contributed by atoms with E-state index in [2.05, 4.69) is 9.97 Å². The van der Waals surface area contributed by atoms with Crippen LogP contribution < -0.4 is 10.1 Å². The van der Waals surface area contributed by atoms with Crippen molar-refractivity contribution < 1.29 is 14.8 Å². The van der Waals surface area contributed by atoms with Crippen molar-refractivity contribution in [1.29, 1.82) is 0 Å². The molecule has 2 aromatic heterocycles.